The highest BCUT2D eigenvalue weighted by Crippen LogP contribution is 2.45. The molecule has 1 aliphatic heterocycles. The lowest BCUT2D eigenvalue weighted by atomic mass is 9.82. The van der Waals surface area contributed by atoms with Gasteiger partial charge >= 0.3 is 6.09 Å². The molecule has 4 aromatic rings. The molecule has 224 valence electrons. The molecule has 0 N–H and O–H groups in total. The number of halogens is 2. The molecule has 0 spiro atoms. The van der Waals surface area contributed by atoms with Gasteiger partial charge in [0.2, 0.25) is 0 Å². The van der Waals surface area contributed by atoms with E-state index in [4.69, 9.17) is 14.2 Å². The van der Waals surface area contributed by atoms with E-state index in [9.17, 15) is 13.6 Å². The van der Waals surface area contributed by atoms with Crippen molar-refractivity contribution < 1.29 is 27.8 Å². The Hall–Kier alpha value is -4.39. The standard InChI is InChI=1S/C36H37F2NO4/c1-36(2,3)43-35(40)39-19-18-27(30-21-28(37)14-16-33(30)41-23-25-10-6-4-7-11-25)20-32(39)31-22-29(38)15-17-34(31)42-24-26-12-8-5-9-13-26/h4-17,21-22,27,32H,18-20,23-24H2,1-3H3. The number of rotatable bonds is 8. The van der Waals surface area contributed by atoms with E-state index >= 15 is 0 Å². The first-order chi connectivity index (χ1) is 20.7. The number of amides is 1. The fourth-order valence-corrected chi connectivity index (χ4v) is 5.43. The molecule has 5 rings (SSSR count). The van der Waals surface area contributed by atoms with Crippen LogP contribution in [-0.2, 0) is 18.0 Å². The van der Waals surface area contributed by atoms with Crippen LogP contribution in [-0.4, -0.2) is 23.1 Å². The molecule has 0 radical (unpaired) electrons. The lowest BCUT2D eigenvalue weighted by Gasteiger charge is -2.41. The van der Waals surface area contributed by atoms with Crippen molar-refractivity contribution in [1.82, 2.24) is 4.90 Å². The summed E-state index contributed by atoms with van der Waals surface area (Å²) < 4.78 is 47.6. The fraction of sp³-hybridized carbons (Fsp3) is 0.306. The van der Waals surface area contributed by atoms with Gasteiger partial charge in [0.1, 0.15) is 41.9 Å². The Morgan fingerprint density at radius 2 is 1.28 bits per heavy atom. The molecule has 0 saturated carbocycles. The molecule has 1 amide bonds. The molecule has 43 heavy (non-hydrogen) atoms. The van der Waals surface area contributed by atoms with Gasteiger partial charge in [0.15, 0.2) is 0 Å². The highest BCUT2D eigenvalue weighted by Gasteiger charge is 2.38. The number of hydrogen-bond acceptors (Lipinski definition) is 4. The van der Waals surface area contributed by atoms with Crippen LogP contribution in [0, 0.1) is 11.6 Å². The molecule has 2 unspecified atom stereocenters. The Labute approximate surface area is 252 Å². The van der Waals surface area contributed by atoms with Gasteiger partial charge in [-0.3, -0.25) is 0 Å². The van der Waals surface area contributed by atoms with E-state index in [1.165, 1.54) is 24.3 Å². The predicted octanol–water partition coefficient (Wildman–Crippen LogP) is 8.98. The highest BCUT2D eigenvalue weighted by atomic mass is 19.1. The highest BCUT2D eigenvalue weighted by molar-refractivity contribution is 5.69. The van der Waals surface area contributed by atoms with Gasteiger partial charge in [0, 0.05) is 17.7 Å². The molecule has 0 bridgehead atoms. The molecule has 0 aromatic heterocycles. The summed E-state index contributed by atoms with van der Waals surface area (Å²) in [5, 5.41) is 0. The summed E-state index contributed by atoms with van der Waals surface area (Å²) >= 11 is 0. The minimum Gasteiger partial charge on any atom is -0.489 e. The van der Waals surface area contributed by atoms with Crippen LogP contribution in [0.4, 0.5) is 13.6 Å². The van der Waals surface area contributed by atoms with Gasteiger partial charge < -0.3 is 19.1 Å². The van der Waals surface area contributed by atoms with Crippen LogP contribution in [0.15, 0.2) is 97.1 Å². The number of benzene rings is 4. The lowest BCUT2D eigenvalue weighted by Crippen LogP contribution is -2.43. The Kier molecular flexibility index (Phi) is 9.29. The van der Waals surface area contributed by atoms with Crippen molar-refractivity contribution in [2.75, 3.05) is 6.54 Å². The summed E-state index contributed by atoms with van der Waals surface area (Å²) in [6, 6.07) is 27.8. The van der Waals surface area contributed by atoms with Crippen LogP contribution in [0.5, 0.6) is 11.5 Å². The number of ether oxygens (including phenoxy) is 3. The molecule has 7 heteroatoms. The van der Waals surface area contributed by atoms with Crippen molar-refractivity contribution in [3.63, 3.8) is 0 Å². The predicted molar refractivity (Wildman–Crippen MR) is 162 cm³/mol. The first-order valence-electron chi connectivity index (χ1n) is 14.6. The van der Waals surface area contributed by atoms with Crippen molar-refractivity contribution in [2.24, 2.45) is 0 Å². The van der Waals surface area contributed by atoms with E-state index < -0.39 is 23.6 Å². The number of carbonyl (C=O) groups is 1. The Morgan fingerprint density at radius 1 is 0.767 bits per heavy atom. The molecule has 1 fully saturated rings. The van der Waals surface area contributed by atoms with Crippen LogP contribution >= 0.6 is 0 Å². The third-order valence-corrected chi connectivity index (χ3v) is 7.45. The largest absolute Gasteiger partial charge is 0.489 e. The van der Waals surface area contributed by atoms with Gasteiger partial charge in [-0.15, -0.1) is 0 Å². The van der Waals surface area contributed by atoms with E-state index in [2.05, 4.69) is 0 Å². The summed E-state index contributed by atoms with van der Waals surface area (Å²) in [4.78, 5) is 15.1. The molecule has 0 aliphatic carbocycles. The zero-order valence-electron chi connectivity index (χ0n) is 24.8. The summed E-state index contributed by atoms with van der Waals surface area (Å²) in [7, 11) is 0. The first-order valence-corrected chi connectivity index (χ1v) is 14.6. The maximum absolute atomic E-state index is 14.8. The van der Waals surface area contributed by atoms with E-state index in [0.29, 0.717) is 48.6 Å². The maximum atomic E-state index is 14.8. The molecule has 2 atom stereocenters. The van der Waals surface area contributed by atoms with Crippen molar-refractivity contribution >= 4 is 6.09 Å². The molecular weight excluding hydrogens is 548 g/mol. The minimum atomic E-state index is -0.714. The normalized spacial score (nSPS) is 16.9. The number of carbonyl (C=O) groups excluding carboxylic acids is 1. The van der Waals surface area contributed by atoms with E-state index in [1.54, 1.807) is 17.0 Å². The van der Waals surface area contributed by atoms with Crippen molar-refractivity contribution in [3.8, 4) is 11.5 Å². The number of piperidine rings is 1. The van der Waals surface area contributed by atoms with Gasteiger partial charge in [0.05, 0.1) is 6.04 Å². The molecule has 4 aromatic carbocycles. The quantitative estimate of drug-likeness (QED) is 0.207. The molecular formula is C36H37F2NO4. The van der Waals surface area contributed by atoms with E-state index in [-0.39, 0.29) is 18.3 Å². The maximum Gasteiger partial charge on any atom is 0.410 e. The lowest BCUT2D eigenvalue weighted by molar-refractivity contribution is 0.00717. The summed E-state index contributed by atoms with van der Waals surface area (Å²) in [6.07, 6.45) is 0.459. The smallest absolute Gasteiger partial charge is 0.410 e. The van der Waals surface area contributed by atoms with Gasteiger partial charge in [0.25, 0.3) is 0 Å². The third kappa shape index (κ3) is 7.92. The van der Waals surface area contributed by atoms with Crippen LogP contribution < -0.4 is 9.47 Å². The molecule has 1 aliphatic rings. The molecule has 1 saturated heterocycles. The SMILES string of the molecule is CC(C)(C)OC(=O)N1CCC(c2cc(F)ccc2OCc2ccccc2)CC1c1cc(F)ccc1OCc1ccccc1. The summed E-state index contributed by atoms with van der Waals surface area (Å²) in [5.41, 5.74) is 2.50. The van der Waals surface area contributed by atoms with Gasteiger partial charge in [-0.05, 0) is 87.1 Å². The number of likely N-dealkylation sites (tertiary alicyclic amines) is 1. The van der Waals surface area contributed by atoms with E-state index in [1.807, 2.05) is 81.4 Å². The first kappa shape index (κ1) is 30.1. The number of hydrogen-bond donors (Lipinski definition) is 0. The van der Waals surface area contributed by atoms with Crippen molar-refractivity contribution in [1.29, 1.82) is 0 Å². The van der Waals surface area contributed by atoms with E-state index in [0.717, 1.165) is 11.1 Å². The van der Waals surface area contributed by atoms with Gasteiger partial charge in [-0.25, -0.2) is 13.6 Å². The Bertz CT molecular complexity index is 1520. The van der Waals surface area contributed by atoms with Crippen molar-refractivity contribution in [3.05, 3.63) is 131 Å². The second-order valence-electron chi connectivity index (χ2n) is 11.8. The van der Waals surface area contributed by atoms with Crippen LogP contribution in [0.3, 0.4) is 0 Å². The van der Waals surface area contributed by atoms with Gasteiger partial charge in [-0.2, -0.15) is 0 Å². The number of nitrogens with zero attached hydrogens (tertiary/aromatic N) is 1. The average Bonchev–Trinajstić information content (AvgIpc) is 2.99. The Balaban J connectivity index is 1.47. The van der Waals surface area contributed by atoms with Crippen LogP contribution in [0.25, 0.3) is 0 Å². The monoisotopic (exact) mass is 585 g/mol. The van der Waals surface area contributed by atoms with Crippen LogP contribution in [0.1, 0.15) is 67.8 Å². The topological polar surface area (TPSA) is 48.0 Å². The average molecular weight is 586 g/mol. The van der Waals surface area contributed by atoms with Crippen LogP contribution in [0.2, 0.25) is 0 Å². The summed E-state index contributed by atoms with van der Waals surface area (Å²) in [5.74, 6) is 0.0796. The second kappa shape index (κ2) is 13.3. The van der Waals surface area contributed by atoms with Crippen molar-refractivity contribution in [2.45, 2.75) is 64.4 Å². The fourth-order valence-electron chi connectivity index (χ4n) is 5.43. The van der Waals surface area contributed by atoms with Gasteiger partial charge in [-0.1, -0.05) is 60.7 Å². The molecule has 1 heterocycles. The zero-order chi connectivity index (χ0) is 30.4. The third-order valence-electron chi connectivity index (χ3n) is 7.45. The zero-order valence-corrected chi connectivity index (χ0v) is 24.8. The summed E-state index contributed by atoms with van der Waals surface area (Å²) in [6.45, 7) is 6.38. The Morgan fingerprint density at radius 3 is 1.81 bits per heavy atom. The molecule has 5 nitrogen and oxygen atoms in total. The minimum absolute atomic E-state index is 0.171. The second-order valence-corrected chi connectivity index (χ2v) is 11.8.